The van der Waals surface area contributed by atoms with E-state index in [4.69, 9.17) is 0 Å². The molecule has 0 saturated carbocycles. The number of amides is 2. The van der Waals surface area contributed by atoms with Gasteiger partial charge in [-0.05, 0) is 39.2 Å². The molecule has 2 heterocycles. The number of nitrogens with zero attached hydrogens (tertiary/aromatic N) is 2. The molecule has 0 aromatic rings. The van der Waals surface area contributed by atoms with E-state index in [2.05, 4.69) is 5.32 Å². The first-order chi connectivity index (χ1) is 9.22. The molecule has 1 atom stereocenters. The van der Waals surface area contributed by atoms with E-state index in [1.165, 1.54) is 6.42 Å². The van der Waals surface area contributed by atoms with E-state index in [1.807, 2.05) is 9.80 Å². The summed E-state index contributed by atoms with van der Waals surface area (Å²) in [6.45, 7) is 3.00. The largest absolute Gasteiger partial charge is 0.343 e. The van der Waals surface area contributed by atoms with Gasteiger partial charge in [-0.1, -0.05) is 0 Å². The van der Waals surface area contributed by atoms with Crippen LogP contribution in [0.15, 0.2) is 0 Å². The molecular weight excluding hydrogens is 242 g/mol. The Bertz CT molecular complexity index is 333. The summed E-state index contributed by atoms with van der Waals surface area (Å²) in [5.41, 5.74) is 0. The minimum Gasteiger partial charge on any atom is -0.343 e. The number of carbonyl (C=O) groups is 2. The molecular formula is C14H25N3O2. The summed E-state index contributed by atoms with van der Waals surface area (Å²) in [6.07, 6.45) is 6.01. The Morgan fingerprint density at radius 1 is 1.32 bits per heavy atom. The molecule has 0 aromatic carbocycles. The Kier molecular flexibility index (Phi) is 5.19. The highest BCUT2D eigenvalue weighted by atomic mass is 16.2. The summed E-state index contributed by atoms with van der Waals surface area (Å²) in [4.78, 5) is 27.6. The van der Waals surface area contributed by atoms with Gasteiger partial charge in [0.15, 0.2) is 0 Å². The Morgan fingerprint density at radius 3 is 2.84 bits per heavy atom. The fourth-order valence-corrected chi connectivity index (χ4v) is 3.13. The second-order valence-corrected chi connectivity index (χ2v) is 5.54. The molecule has 2 amide bonds. The zero-order valence-electron chi connectivity index (χ0n) is 11.9. The average molecular weight is 267 g/mol. The quantitative estimate of drug-likeness (QED) is 0.793. The van der Waals surface area contributed by atoms with E-state index < -0.39 is 0 Å². The van der Waals surface area contributed by atoms with Gasteiger partial charge >= 0.3 is 0 Å². The molecule has 2 fully saturated rings. The molecule has 108 valence electrons. The molecule has 0 spiro atoms. The summed E-state index contributed by atoms with van der Waals surface area (Å²) < 4.78 is 0. The van der Waals surface area contributed by atoms with Crippen molar-refractivity contribution < 1.29 is 9.59 Å². The molecule has 0 aliphatic carbocycles. The first kappa shape index (κ1) is 14.3. The normalized spacial score (nSPS) is 24.1. The number of rotatable bonds is 5. The minimum atomic E-state index is 0.194. The third-order valence-electron chi connectivity index (χ3n) is 4.18. The fourth-order valence-electron chi connectivity index (χ4n) is 3.13. The number of likely N-dealkylation sites (N-methyl/N-ethyl adjacent to an activating group) is 1. The van der Waals surface area contributed by atoms with Crippen LogP contribution in [0, 0.1) is 0 Å². The minimum absolute atomic E-state index is 0.194. The molecule has 0 aromatic heterocycles. The molecule has 2 aliphatic rings. The fraction of sp³-hybridized carbons (Fsp3) is 0.857. The third-order valence-corrected chi connectivity index (χ3v) is 4.18. The number of piperidine rings is 1. The molecule has 5 nitrogen and oxygen atoms in total. The maximum Gasteiger partial charge on any atom is 0.236 e. The second kappa shape index (κ2) is 6.89. The van der Waals surface area contributed by atoms with Gasteiger partial charge in [0.1, 0.15) is 0 Å². The smallest absolute Gasteiger partial charge is 0.236 e. The predicted octanol–water partition coefficient (Wildman–Crippen LogP) is 0.599. The Labute approximate surface area is 115 Å². The van der Waals surface area contributed by atoms with Crippen molar-refractivity contribution in [1.82, 2.24) is 15.1 Å². The standard InChI is InChI=1S/C14H25N3O2/c1-15-11-14(19)17-9-3-2-5-12(17)7-10-16-8-4-6-13(16)18/h12,15H,2-11H2,1H3/t12-/m1/s1. The number of nitrogens with one attached hydrogen (secondary N) is 1. The lowest BCUT2D eigenvalue weighted by Gasteiger charge is -2.36. The van der Waals surface area contributed by atoms with Crippen LogP contribution in [0.3, 0.4) is 0 Å². The van der Waals surface area contributed by atoms with Crippen LogP contribution in [-0.2, 0) is 9.59 Å². The third kappa shape index (κ3) is 3.69. The average Bonchev–Trinajstić information content (AvgIpc) is 2.82. The first-order valence-electron chi connectivity index (χ1n) is 7.44. The lowest BCUT2D eigenvalue weighted by atomic mass is 9.99. The van der Waals surface area contributed by atoms with Gasteiger partial charge in [-0.25, -0.2) is 0 Å². The topological polar surface area (TPSA) is 52.7 Å². The zero-order chi connectivity index (χ0) is 13.7. The molecule has 2 saturated heterocycles. The summed E-state index contributed by atoms with van der Waals surface area (Å²) in [6, 6.07) is 0.322. The highest BCUT2D eigenvalue weighted by Gasteiger charge is 2.28. The summed E-state index contributed by atoms with van der Waals surface area (Å²) in [7, 11) is 1.81. The van der Waals surface area contributed by atoms with Crippen LogP contribution in [0.4, 0.5) is 0 Å². The molecule has 1 N–H and O–H groups in total. The van der Waals surface area contributed by atoms with Gasteiger partial charge in [0.2, 0.25) is 11.8 Å². The van der Waals surface area contributed by atoms with E-state index in [0.717, 1.165) is 45.3 Å². The van der Waals surface area contributed by atoms with Gasteiger partial charge < -0.3 is 15.1 Å². The SMILES string of the molecule is CNCC(=O)N1CCCC[C@@H]1CCN1CCCC1=O. The van der Waals surface area contributed by atoms with Crippen molar-refractivity contribution in [3.8, 4) is 0 Å². The van der Waals surface area contributed by atoms with E-state index in [0.29, 0.717) is 19.0 Å². The monoisotopic (exact) mass is 267 g/mol. The molecule has 2 rings (SSSR count). The zero-order valence-corrected chi connectivity index (χ0v) is 11.9. The molecule has 19 heavy (non-hydrogen) atoms. The molecule has 0 unspecified atom stereocenters. The van der Waals surface area contributed by atoms with Crippen LogP contribution < -0.4 is 5.32 Å². The summed E-state index contributed by atoms with van der Waals surface area (Å²) in [5.74, 6) is 0.476. The van der Waals surface area contributed by atoms with E-state index in [9.17, 15) is 9.59 Å². The highest BCUT2D eigenvalue weighted by molar-refractivity contribution is 5.79. The Balaban J connectivity index is 1.85. The molecule has 2 aliphatic heterocycles. The number of carbonyl (C=O) groups excluding carboxylic acids is 2. The van der Waals surface area contributed by atoms with Crippen LogP contribution in [0.1, 0.15) is 38.5 Å². The maximum atomic E-state index is 12.1. The highest BCUT2D eigenvalue weighted by Crippen LogP contribution is 2.21. The lowest BCUT2D eigenvalue weighted by Crippen LogP contribution is -2.48. The van der Waals surface area contributed by atoms with Gasteiger partial charge in [-0.3, -0.25) is 9.59 Å². The van der Waals surface area contributed by atoms with E-state index >= 15 is 0 Å². The van der Waals surface area contributed by atoms with Crippen molar-refractivity contribution >= 4 is 11.8 Å². The Hall–Kier alpha value is -1.10. The van der Waals surface area contributed by atoms with Crippen molar-refractivity contribution in [3.05, 3.63) is 0 Å². The number of likely N-dealkylation sites (tertiary alicyclic amines) is 2. The van der Waals surface area contributed by atoms with Gasteiger partial charge in [-0.2, -0.15) is 0 Å². The van der Waals surface area contributed by atoms with Gasteiger partial charge in [0.05, 0.1) is 6.54 Å². The molecule has 5 heteroatoms. The van der Waals surface area contributed by atoms with E-state index in [-0.39, 0.29) is 11.8 Å². The Morgan fingerprint density at radius 2 is 2.16 bits per heavy atom. The second-order valence-electron chi connectivity index (χ2n) is 5.54. The predicted molar refractivity (Wildman–Crippen MR) is 73.7 cm³/mol. The van der Waals surface area contributed by atoms with Crippen LogP contribution in [0.2, 0.25) is 0 Å². The van der Waals surface area contributed by atoms with Crippen LogP contribution in [-0.4, -0.2) is 60.9 Å². The summed E-state index contributed by atoms with van der Waals surface area (Å²) in [5, 5.41) is 2.93. The molecule has 0 bridgehead atoms. The van der Waals surface area contributed by atoms with Crippen LogP contribution >= 0.6 is 0 Å². The van der Waals surface area contributed by atoms with Gasteiger partial charge in [0.25, 0.3) is 0 Å². The van der Waals surface area contributed by atoms with Gasteiger partial charge in [0, 0.05) is 32.1 Å². The van der Waals surface area contributed by atoms with Crippen molar-refractivity contribution in [2.24, 2.45) is 0 Å². The van der Waals surface area contributed by atoms with Crippen molar-refractivity contribution in [1.29, 1.82) is 0 Å². The van der Waals surface area contributed by atoms with Crippen molar-refractivity contribution in [2.45, 2.75) is 44.6 Å². The number of hydrogen-bond acceptors (Lipinski definition) is 3. The van der Waals surface area contributed by atoms with Gasteiger partial charge in [-0.15, -0.1) is 0 Å². The lowest BCUT2D eigenvalue weighted by molar-refractivity contribution is -0.134. The maximum absolute atomic E-state index is 12.1. The van der Waals surface area contributed by atoms with Crippen LogP contribution in [0.25, 0.3) is 0 Å². The van der Waals surface area contributed by atoms with E-state index in [1.54, 1.807) is 7.05 Å². The first-order valence-corrected chi connectivity index (χ1v) is 7.44. The summed E-state index contributed by atoms with van der Waals surface area (Å²) >= 11 is 0. The van der Waals surface area contributed by atoms with Crippen molar-refractivity contribution in [3.63, 3.8) is 0 Å². The molecule has 0 radical (unpaired) electrons. The number of hydrogen-bond donors (Lipinski definition) is 1. The van der Waals surface area contributed by atoms with Crippen molar-refractivity contribution in [2.75, 3.05) is 33.2 Å². The van der Waals surface area contributed by atoms with Crippen LogP contribution in [0.5, 0.6) is 0 Å².